The number of amides is 3. The molecule has 2 aliphatic rings. The maximum absolute atomic E-state index is 12.3. The van der Waals surface area contributed by atoms with Gasteiger partial charge in [-0.3, -0.25) is 24.2 Å². The predicted octanol–water partition coefficient (Wildman–Crippen LogP) is 2.30. The molecule has 6 heteroatoms. The Hall–Kier alpha value is -2.21. The van der Waals surface area contributed by atoms with Crippen molar-refractivity contribution in [1.82, 2.24) is 15.1 Å². The van der Waals surface area contributed by atoms with Gasteiger partial charge in [-0.15, -0.1) is 0 Å². The lowest BCUT2D eigenvalue weighted by Gasteiger charge is -2.31. The maximum Gasteiger partial charge on any atom is 0.261 e. The van der Waals surface area contributed by atoms with Gasteiger partial charge in [0, 0.05) is 25.6 Å². The lowest BCUT2D eigenvalue weighted by atomic mass is 10.0. The van der Waals surface area contributed by atoms with Crippen LogP contribution in [0.2, 0.25) is 0 Å². The fourth-order valence-electron chi connectivity index (χ4n) is 4.01. The Morgan fingerprint density at radius 1 is 1.07 bits per heavy atom. The molecule has 1 fully saturated rings. The number of imide groups is 1. The highest BCUT2D eigenvalue weighted by molar-refractivity contribution is 6.21. The van der Waals surface area contributed by atoms with Gasteiger partial charge in [0.05, 0.1) is 11.1 Å². The van der Waals surface area contributed by atoms with Gasteiger partial charge >= 0.3 is 0 Å². The molecule has 6 nitrogen and oxygen atoms in total. The Labute approximate surface area is 160 Å². The van der Waals surface area contributed by atoms with Crippen LogP contribution in [0, 0.1) is 5.92 Å². The molecule has 1 aromatic carbocycles. The number of hydrogen-bond donors (Lipinski definition) is 1. The van der Waals surface area contributed by atoms with Gasteiger partial charge in [-0.1, -0.05) is 26.0 Å². The van der Waals surface area contributed by atoms with Gasteiger partial charge in [0.15, 0.2) is 0 Å². The monoisotopic (exact) mass is 371 g/mol. The van der Waals surface area contributed by atoms with Crippen molar-refractivity contribution in [3.8, 4) is 0 Å². The highest BCUT2D eigenvalue weighted by atomic mass is 16.2. The van der Waals surface area contributed by atoms with Gasteiger partial charge in [-0.25, -0.2) is 0 Å². The molecule has 27 heavy (non-hydrogen) atoms. The second kappa shape index (κ2) is 8.65. The zero-order valence-corrected chi connectivity index (χ0v) is 16.2. The summed E-state index contributed by atoms with van der Waals surface area (Å²) in [4.78, 5) is 40.6. The van der Waals surface area contributed by atoms with E-state index in [1.165, 1.54) is 17.7 Å². The minimum Gasteiger partial charge on any atom is -0.355 e. The number of likely N-dealkylation sites (tertiary alicyclic amines) is 1. The molecule has 146 valence electrons. The average molecular weight is 371 g/mol. The summed E-state index contributed by atoms with van der Waals surface area (Å²) in [6.07, 6.45) is 3.26. The Balaban J connectivity index is 1.43. The van der Waals surface area contributed by atoms with Gasteiger partial charge in [-0.2, -0.15) is 0 Å². The first-order valence-electron chi connectivity index (χ1n) is 9.95. The molecule has 1 aromatic rings. The third kappa shape index (κ3) is 4.38. The molecule has 1 unspecified atom stereocenters. The molecular weight excluding hydrogens is 342 g/mol. The number of hydrogen-bond acceptors (Lipinski definition) is 4. The number of benzene rings is 1. The molecule has 1 N–H and O–H groups in total. The molecule has 0 radical (unpaired) electrons. The van der Waals surface area contributed by atoms with E-state index in [-0.39, 0.29) is 24.3 Å². The van der Waals surface area contributed by atoms with Crippen molar-refractivity contribution in [3.63, 3.8) is 0 Å². The first-order valence-corrected chi connectivity index (χ1v) is 9.95. The number of rotatable bonds is 8. The first-order chi connectivity index (χ1) is 13.0. The lowest BCUT2D eigenvalue weighted by molar-refractivity contribution is -0.121. The summed E-state index contributed by atoms with van der Waals surface area (Å²) in [5, 5.41) is 3.04. The minimum absolute atomic E-state index is 0.0172. The van der Waals surface area contributed by atoms with Crippen molar-refractivity contribution in [2.45, 2.75) is 45.6 Å². The minimum atomic E-state index is -0.259. The van der Waals surface area contributed by atoms with E-state index in [1.807, 2.05) is 0 Å². The number of nitrogens with zero attached hydrogens (tertiary/aromatic N) is 2. The number of fused-ring (bicyclic) bond motifs is 1. The number of nitrogens with one attached hydrogen (secondary N) is 1. The van der Waals surface area contributed by atoms with Crippen LogP contribution < -0.4 is 5.32 Å². The summed E-state index contributed by atoms with van der Waals surface area (Å²) in [7, 11) is 0. The normalized spacial score (nSPS) is 18.3. The van der Waals surface area contributed by atoms with Gasteiger partial charge in [0.25, 0.3) is 11.8 Å². The van der Waals surface area contributed by atoms with Crippen molar-refractivity contribution < 1.29 is 14.4 Å². The standard InChI is InChI=1S/C21H29N3O3/c1-15(2)18(23-11-5-6-12-23)14-22-19(25)10-7-13-24-20(26)16-8-3-4-9-17(16)21(24)27/h3-4,8-9,15,18H,5-7,10-14H2,1-2H3,(H,22,25). The molecule has 3 amide bonds. The quantitative estimate of drug-likeness (QED) is 0.712. The summed E-state index contributed by atoms with van der Waals surface area (Å²) >= 11 is 0. The van der Waals surface area contributed by atoms with Gasteiger partial charge in [0.1, 0.15) is 0 Å². The van der Waals surface area contributed by atoms with Gasteiger partial charge < -0.3 is 5.32 Å². The van der Waals surface area contributed by atoms with Crippen molar-refractivity contribution >= 4 is 17.7 Å². The third-order valence-electron chi connectivity index (χ3n) is 5.55. The zero-order chi connectivity index (χ0) is 19.4. The van der Waals surface area contributed by atoms with E-state index in [2.05, 4.69) is 24.1 Å². The Bertz CT molecular complexity index is 675. The second-order valence-electron chi connectivity index (χ2n) is 7.77. The third-order valence-corrected chi connectivity index (χ3v) is 5.55. The van der Waals surface area contributed by atoms with E-state index in [0.717, 1.165) is 13.1 Å². The molecule has 1 saturated heterocycles. The molecule has 2 heterocycles. The van der Waals surface area contributed by atoms with Gasteiger partial charge in [-0.05, 0) is 50.4 Å². The summed E-state index contributed by atoms with van der Waals surface area (Å²) in [5.74, 6) is -0.0481. The molecule has 0 bridgehead atoms. The largest absolute Gasteiger partial charge is 0.355 e. The zero-order valence-electron chi connectivity index (χ0n) is 16.2. The first kappa shape index (κ1) is 19.5. The fraction of sp³-hybridized carbons (Fsp3) is 0.571. The summed E-state index contributed by atoms with van der Waals surface area (Å²) in [6, 6.07) is 7.23. The van der Waals surface area contributed by atoms with Crippen LogP contribution in [0.15, 0.2) is 24.3 Å². The van der Waals surface area contributed by atoms with Crippen LogP contribution in [-0.4, -0.2) is 59.7 Å². The second-order valence-corrected chi connectivity index (χ2v) is 7.77. The molecule has 0 saturated carbocycles. The van der Waals surface area contributed by atoms with E-state index < -0.39 is 0 Å². The highest BCUT2D eigenvalue weighted by Gasteiger charge is 2.34. The van der Waals surface area contributed by atoms with Crippen molar-refractivity contribution in [2.24, 2.45) is 5.92 Å². The van der Waals surface area contributed by atoms with Crippen molar-refractivity contribution in [3.05, 3.63) is 35.4 Å². The number of carbonyl (C=O) groups excluding carboxylic acids is 3. The number of carbonyl (C=O) groups is 3. The smallest absolute Gasteiger partial charge is 0.261 e. The molecular formula is C21H29N3O3. The summed E-state index contributed by atoms with van der Waals surface area (Å²) < 4.78 is 0. The summed E-state index contributed by atoms with van der Waals surface area (Å²) in [6.45, 7) is 7.54. The van der Waals surface area contributed by atoms with Crippen LogP contribution in [0.25, 0.3) is 0 Å². The Kier molecular flexibility index (Phi) is 6.26. The average Bonchev–Trinajstić information content (AvgIpc) is 3.25. The van der Waals surface area contributed by atoms with Crippen LogP contribution in [0.5, 0.6) is 0 Å². The van der Waals surface area contributed by atoms with Crippen LogP contribution in [0.3, 0.4) is 0 Å². The van der Waals surface area contributed by atoms with Crippen LogP contribution >= 0.6 is 0 Å². The predicted molar refractivity (Wildman–Crippen MR) is 103 cm³/mol. The fourth-order valence-corrected chi connectivity index (χ4v) is 4.01. The van der Waals surface area contributed by atoms with Crippen molar-refractivity contribution in [1.29, 1.82) is 0 Å². The highest BCUT2D eigenvalue weighted by Crippen LogP contribution is 2.22. The molecule has 1 atom stereocenters. The molecule has 3 rings (SSSR count). The van der Waals surface area contributed by atoms with Crippen LogP contribution in [-0.2, 0) is 4.79 Å². The van der Waals surface area contributed by atoms with Gasteiger partial charge in [0.2, 0.25) is 5.91 Å². The maximum atomic E-state index is 12.3. The molecule has 0 spiro atoms. The molecule has 2 aliphatic heterocycles. The molecule has 0 aliphatic carbocycles. The van der Waals surface area contributed by atoms with E-state index in [9.17, 15) is 14.4 Å². The Morgan fingerprint density at radius 3 is 2.22 bits per heavy atom. The van der Waals surface area contributed by atoms with Crippen LogP contribution in [0.1, 0.15) is 60.2 Å². The SMILES string of the molecule is CC(C)C(CNC(=O)CCCN1C(=O)c2ccccc2C1=O)N1CCCC1. The van der Waals surface area contributed by atoms with Crippen molar-refractivity contribution in [2.75, 3.05) is 26.2 Å². The van der Waals surface area contributed by atoms with Crippen LogP contribution in [0.4, 0.5) is 0 Å². The van der Waals surface area contributed by atoms with E-state index >= 15 is 0 Å². The topological polar surface area (TPSA) is 69.7 Å². The molecule has 0 aromatic heterocycles. The van der Waals surface area contributed by atoms with E-state index in [4.69, 9.17) is 0 Å². The van der Waals surface area contributed by atoms with E-state index in [1.54, 1.807) is 24.3 Å². The lowest BCUT2D eigenvalue weighted by Crippen LogP contribution is -2.45. The Morgan fingerprint density at radius 2 is 1.67 bits per heavy atom. The summed E-state index contributed by atoms with van der Waals surface area (Å²) in [5.41, 5.74) is 0.912. The van der Waals surface area contributed by atoms with E-state index in [0.29, 0.717) is 42.5 Å².